The van der Waals surface area contributed by atoms with E-state index in [1.807, 2.05) is 0 Å². The zero-order valence-corrected chi connectivity index (χ0v) is 35.8. The van der Waals surface area contributed by atoms with E-state index in [-0.39, 0.29) is 33.7 Å². The van der Waals surface area contributed by atoms with Crippen LogP contribution in [-0.4, -0.2) is 63.8 Å². The van der Waals surface area contributed by atoms with Crippen LogP contribution < -0.4 is 4.84 Å². The van der Waals surface area contributed by atoms with Gasteiger partial charge in [0.05, 0.1) is 29.4 Å². The van der Waals surface area contributed by atoms with Gasteiger partial charge >= 0.3 is 0 Å². The van der Waals surface area contributed by atoms with Crippen LogP contribution in [0.5, 0.6) is 5.75 Å². The third-order valence-electron chi connectivity index (χ3n) is 11.6. The quantitative estimate of drug-likeness (QED) is 0.133. The summed E-state index contributed by atoms with van der Waals surface area (Å²) in [5.74, 6) is 0.910. The lowest BCUT2D eigenvalue weighted by atomic mass is 9.87. The Morgan fingerprint density at radius 1 is 0.647 bits per heavy atom. The molecule has 6 heteroatoms. The molecule has 0 N–H and O–H groups in total. The van der Waals surface area contributed by atoms with E-state index in [0.717, 1.165) is 83.2 Å². The number of rotatable bonds is 19. The SMILES string of the molecule is CCCCC(CC)ON1C(C)(C)CCC(OCCCCCCCCOC2CCC(C)(C)N(Oc3ccc(C(C)(C)C)cc3)C(C)(C)C2)CC1(C)C. The normalized spacial score (nSPS) is 24.5. The fourth-order valence-electron chi connectivity index (χ4n) is 8.62. The number of hydrogen-bond acceptors (Lipinski definition) is 6. The first-order valence-corrected chi connectivity index (χ1v) is 21.1. The molecular formula is C45H82N2O4. The van der Waals surface area contributed by atoms with Crippen molar-refractivity contribution in [2.24, 2.45) is 0 Å². The minimum absolute atomic E-state index is 0.00208. The molecule has 2 fully saturated rings. The molecule has 3 rings (SSSR count). The summed E-state index contributed by atoms with van der Waals surface area (Å²) in [5.41, 5.74) is 1.18. The summed E-state index contributed by atoms with van der Waals surface area (Å²) < 4.78 is 13.1. The smallest absolute Gasteiger partial charge is 0.147 e. The van der Waals surface area contributed by atoms with Gasteiger partial charge in [-0.3, -0.25) is 4.84 Å². The van der Waals surface area contributed by atoms with Gasteiger partial charge in [-0.15, -0.1) is 5.06 Å². The Hall–Kier alpha value is -1.18. The molecule has 2 saturated heterocycles. The van der Waals surface area contributed by atoms with E-state index in [1.54, 1.807) is 0 Å². The first kappa shape index (κ1) is 44.2. The summed E-state index contributed by atoms with van der Waals surface area (Å²) in [6, 6.07) is 8.65. The molecule has 0 bridgehead atoms. The molecule has 0 spiro atoms. The molecule has 0 radical (unpaired) electrons. The van der Waals surface area contributed by atoms with Crippen LogP contribution in [0.3, 0.4) is 0 Å². The number of hydrogen-bond donors (Lipinski definition) is 0. The second-order valence-corrected chi connectivity index (χ2v) is 19.6. The second kappa shape index (κ2) is 19.4. The van der Waals surface area contributed by atoms with Gasteiger partial charge in [-0.05, 0) is 143 Å². The molecule has 2 aliphatic rings. The van der Waals surface area contributed by atoms with Gasteiger partial charge in [0.1, 0.15) is 5.75 Å². The van der Waals surface area contributed by atoms with Gasteiger partial charge in [0.25, 0.3) is 0 Å². The highest BCUT2D eigenvalue weighted by atomic mass is 16.7. The summed E-state index contributed by atoms with van der Waals surface area (Å²) >= 11 is 0. The maximum Gasteiger partial charge on any atom is 0.147 e. The highest BCUT2D eigenvalue weighted by Crippen LogP contribution is 2.40. The maximum atomic E-state index is 6.75. The van der Waals surface area contributed by atoms with E-state index in [9.17, 15) is 0 Å². The third kappa shape index (κ3) is 13.9. The Morgan fingerprint density at radius 3 is 1.59 bits per heavy atom. The fourth-order valence-corrected chi connectivity index (χ4v) is 8.62. The van der Waals surface area contributed by atoms with Crippen LogP contribution in [0.4, 0.5) is 0 Å². The lowest BCUT2D eigenvalue weighted by Crippen LogP contribution is -2.56. The van der Waals surface area contributed by atoms with Crippen molar-refractivity contribution < 1.29 is 19.1 Å². The van der Waals surface area contributed by atoms with Gasteiger partial charge in [-0.2, -0.15) is 5.06 Å². The van der Waals surface area contributed by atoms with Crippen LogP contribution in [0.2, 0.25) is 0 Å². The summed E-state index contributed by atoms with van der Waals surface area (Å²) in [6.07, 6.45) is 19.2. The Balaban J connectivity index is 1.33. The Morgan fingerprint density at radius 2 is 1.12 bits per heavy atom. The van der Waals surface area contributed by atoms with Crippen LogP contribution in [0.15, 0.2) is 24.3 Å². The molecule has 0 aliphatic carbocycles. The molecule has 0 aromatic heterocycles. The minimum atomic E-state index is -0.141. The standard InChI is InChI=1S/C45H82N2O4/c1-14-16-23-37(15-2)50-46-42(6,7)30-28-39(34-44(46,10)11)48-32-21-19-17-18-20-22-33-49-40-29-31-43(8,9)47(45(12,13)35-40)51-38-26-24-36(25-27-38)41(3,4)5/h24-27,37,39-40H,14-23,28-35H2,1-13H3. The Kier molecular flexibility index (Phi) is 16.8. The number of unbranched alkanes of at least 4 members (excludes halogenated alkanes) is 6. The molecule has 3 atom stereocenters. The molecule has 1 aromatic rings. The zero-order chi connectivity index (χ0) is 37.9. The van der Waals surface area contributed by atoms with E-state index in [2.05, 4.69) is 124 Å². The second-order valence-electron chi connectivity index (χ2n) is 19.6. The summed E-state index contributed by atoms with van der Waals surface area (Å²) in [6.45, 7) is 31.6. The number of benzene rings is 1. The molecule has 0 saturated carbocycles. The predicted octanol–water partition coefficient (Wildman–Crippen LogP) is 12.4. The highest BCUT2D eigenvalue weighted by molar-refractivity contribution is 5.31. The van der Waals surface area contributed by atoms with E-state index in [0.29, 0.717) is 12.2 Å². The van der Waals surface area contributed by atoms with Crippen LogP contribution in [-0.2, 0) is 19.7 Å². The van der Waals surface area contributed by atoms with Crippen LogP contribution in [0.1, 0.15) is 198 Å². The van der Waals surface area contributed by atoms with E-state index < -0.39 is 0 Å². The fraction of sp³-hybridized carbons (Fsp3) is 0.867. The van der Waals surface area contributed by atoms with Gasteiger partial charge in [0.15, 0.2) is 0 Å². The van der Waals surface area contributed by atoms with Crippen molar-refractivity contribution in [3.05, 3.63) is 29.8 Å². The molecule has 3 unspecified atom stereocenters. The third-order valence-corrected chi connectivity index (χ3v) is 11.6. The highest BCUT2D eigenvalue weighted by Gasteiger charge is 2.46. The lowest BCUT2D eigenvalue weighted by molar-refractivity contribution is -0.292. The van der Waals surface area contributed by atoms with Gasteiger partial charge in [0.2, 0.25) is 0 Å². The van der Waals surface area contributed by atoms with Crippen LogP contribution in [0.25, 0.3) is 0 Å². The van der Waals surface area contributed by atoms with E-state index in [1.165, 1.54) is 44.1 Å². The van der Waals surface area contributed by atoms with Crippen molar-refractivity contribution in [1.29, 1.82) is 0 Å². The Labute approximate surface area is 316 Å². The average Bonchev–Trinajstić information content (AvgIpc) is 3.18. The molecule has 296 valence electrons. The summed E-state index contributed by atoms with van der Waals surface area (Å²) in [5, 5.41) is 4.60. The Bertz CT molecular complexity index is 1120. The van der Waals surface area contributed by atoms with Gasteiger partial charge in [-0.1, -0.05) is 85.3 Å². The average molecular weight is 715 g/mol. The summed E-state index contributed by atoms with van der Waals surface area (Å²) in [4.78, 5) is 13.4. The van der Waals surface area contributed by atoms with E-state index in [4.69, 9.17) is 19.1 Å². The van der Waals surface area contributed by atoms with Crippen molar-refractivity contribution in [2.45, 2.75) is 239 Å². The van der Waals surface area contributed by atoms with Gasteiger partial charge in [-0.25, -0.2) is 0 Å². The van der Waals surface area contributed by atoms with Crippen molar-refractivity contribution in [3.8, 4) is 5.75 Å². The first-order valence-electron chi connectivity index (χ1n) is 21.1. The van der Waals surface area contributed by atoms with Crippen molar-refractivity contribution in [2.75, 3.05) is 13.2 Å². The lowest BCUT2D eigenvalue weighted by Gasteiger charge is -2.47. The van der Waals surface area contributed by atoms with Crippen molar-refractivity contribution in [3.63, 3.8) is 0 Å². The number of nitrogens with zero attached hydrogens (tertiary/aromatic N) is 2. The van der Waals surface area contributed by atoms with Gasteiger partial charge < -0.3 is 14.3 Å². The molecule has 6 nitrogen and oxygen atoms in total. The predicted molar refractivity (Wildman–Crippen MR) is 215 cm³/mol. The number of hydroxylamine groups is 4. The number of ether oxygens (including phenoxy) is 2. The molecule has 51 heavy (non-hydrogen) atoms. The maximum absolute atomic E-state index is 6.75. The van der Waals surface area contributed by atoms with E-state index >= 15 is 0 Å². The van der Waals surface area contributed by atoms with Gasteiger partial charge in [0, 0.05) is 24.3 Å². The van der Waals surface area contributed by atoms with Crippen LogP contribution in [0, 0.1) is 0 Å². The zero-order valence-electron chi connectivity index (χ0n) is 35.8. The van der Waals surface area contributed by atoms with Crippen molar-refractivity contribution in [1.82, 2.24) is 10.1 Å². The molecule has 0 amide bonds. The minimum Gasteiger partial charge on any atom is -0.405 e. The molecule has 2 aliphatic heterocycles. The monoisotopic (exact) mass is 715 g/mol. The van der Waals surface area contributed by atoms with Crippen molar-refractivity contribution >= 4 is 0 Å². The first-order chi connectivity index (χ1) is 23.8. The molecular weight excluding hydrogens is 633 g/mol. The van der Waals surface area contributed by atoms with Crippen LogP contribution >= 0.6 is 0 Å². The largest absolute Gasteiger partial charge is 0.405 e. The molecule has 1 aromatic carbocycles. The topological polar surface area (TPSA) is 43.4 Å². The molecule has 2 heterocycles. The summed E-state index contributed by atoms with van der Waals surface area (Å²) in [7, 11) is 0.